The number of rotatable bonds is 6. The second-order valence-electron chi connectivity index (χ2n) is 4.59. The summed E-state index contributed by atoms with van der Waals surface area (Å²) in [6, 6.07) is 2.65. The van der Waals surface area contributed by atoms with Gasteiger partial charge in [0.25, 0.3) is 0 Å². The van der Waals surface area contributed by atoms with Gasteiger partial charge in [-0.05, 0) is 55.7 Å². The topological polar surface area (TPSA) is 21.3 Å². The van der Waals surface area contributed by atoms with Crippen LogP contribution >= 0.6 is 27.3 Å². The highest BCUT2D eigenvalue weighted by Crippen LogP contribution is 2.23. The Labute approximate surface area is 111 Å². The average molecular weight is 306 g/mol. The lowest BCUT2D eigenvalue weighted by Gasteiger charge is -2.28. The molecular formula is C12H20BrNOS. The Morgan fingerprint density at radius 1 is 1.56 bits per heavy atom. The van der Waals surface area contributed by atoms with E-state index in [1.54, 1.807) is 18.4 Å². The van der Waals surface area contributed by atoms with Crippen molar-refractivity contribution in [3.8, 4) is 0 Å². The molecule has 0 fully saturated rings. The standard InChI is InChI=1S/C12H20BrNOS/c1-12(2,15-4)7-10(14-3)6-11-5-9(13)8-16-11/h5,8,10,14H,6-7H2,1-4H3. The minimum Gasteiger partial charge on any atom is -0.379 e. The van der Waals surface area contributed by atoms with Gasteiger partial charge >= 0.3 is 0 Å². The molecule has 2 nitrogen and oxygen atoms in total. The van der Waals surface area contributed by atoms with Crippen LogP contribution in [0.4, 0.5) is 0 Å². The number of hydrogen-bond acceptors (Lipinski definition) is 3. The fourth-order valence-corrected chi connectivity index (χ4v) is 3.19. The fraction of sp³-hybridized carbons (Fsp3) is 0.667. The van der Waals surface area contributed by atoms with Gasteiger partial charge < -0.3 is 10.1 Å². The van der Waals surface area contributed by atoms with Gasteiger partial charge in [0.05, 0.1) is 5.60 Å². The molecular weight excluding hydrogens is 286 g/mol. The summed E-state index contributed by atoms with van der Waals surface area (Å²) >= 11 is 5.28. The van der Waals surface area contributed by atoms with Gasteiger partial charge in [0, 0.05) is 27.9 Å². The van der Waals surface area contributed by atoms with E-state index < -0.39 is 0 Å². The largest absolute Gasteiger partial charge is 0.379 e. The Bertz CT molecular complexity index is 325. The lowest BCUT2D eigenvalue weighted by molar-refractivity contribution is 0.00778. The van der Waals surface area contributed by atoms with E-state index in [9.17, 15) is 0 Å². The van der Waals surface area contributed by atoms with Crippen LogP contribution in [0.1, 0.15) is 25.1 Å². The molecule has 0 radical (unpaired) electrons. The molecule has 1 N–H and O–H groups in total. The van der Waals surface area contributed by atoms with Crippen molar-refractivity contribution in [1.29, 1.82) is 0 Å². The number of halogens is 1. The first-order chi connectivity index (χ1) is 7.46. The summed E-state index contributed by atoms with van der Waals surface area (Å²) in [5.74, 6) is 0. The van der Waals surface area contributed by atoms with E-state index in [-0.39, 0.29) is 5.60 Å². The molecule has 0 spiro atoms. The summed E-state index contributed by atoms with van der Waals surface area (Å²) in [4.78, 5) is 1.40. The van der Waals surface area contributed by atoms with Gasteiger partial charge in [0.2, 0.25) is 0 Å². The maximum absolute atomic E-state index is 5.47. The molecule has 92 valence electrons. The molecule has 1 aromatic rings. The Morgan fingerprint density at radius 2 is 2.25 bits per heavy atom. The highest BCUT2D eigenvalue weighted by molar-refractivity contribution is 9.10. The van der Waals surface area contributed by atoms with Crippen molar-refractivity contribution in [2.75, 3.05) is 14.2 Å². The van der Waals surface area contributed by atoms with Crippen LogP contribution in [-0.4, -0.2) is 25.8 Å². The fourth-order valence-electron chi connectivity index (χ4n) is 1.66. The third kappa shape index (κ3) is 4.53. The van der Waals surface area contributed by atoms with E-state index in [1.165, 1.54) is 9.35 Å². The molecule has 16 heavy (non-hydrogen) atoms. The van der Waals surface area contributed by atoms with E-state index in [4.69, 9.17) is 4.74 Å². The lowest BCUT2D eigenvalue weighted by Crippen LogP contribution is -2.37. The predicted octanol–water partition coefficient (Wildman–Crippen LogP) is 3.46. The van der Waals surface area contributed by atoms with Crippen molar-refractivity contribution in [3.05, 3.63) is 20.8 Å². The SMILES string of the molecule is CNC(Cc1cc(Br)cs1)CC(C)(C)OC. The Hall–Kier alpha value is 0.1000. The van der Waals surface area contributed by atoms with Crippen molar-refractivity contribution >= 4 is 27.3 Å². The molecule has 0 aliphatic carbocycles. The van der Waals surface area contributed by atoms with E-state index in [2.05, 4.69) is 46.5 Å². The van der Waals surface area contributed by atoms with Crippen molar-refractivity contribution in [2.24, 2.45) is 0 Å². The first-order valence-corrected chi connectivity index (χ1v) is 7.09. The van der Waals surface area contributed by atoms with Crippen LogP contribution in [0.25, 0.3) is 0 Å². The zero-order valence-corrected chi connectivity index (χ0v) is 12.7. The summed E-state index contributed by atoms with van der Waals surface area (Å²) in [5.41, 5.74) is -0.0673. The van der Waals surface area contributed by atoms with Crippen molar-refractivity contribution in [2.45, 2.75) is 38.3 Å². The van der Waals surface area contributed by atoms with Crippen LogP contribution in [0.3, 0.4) is 0 Å². The first kappa shape index (κ1) is 14.2. The van der Waals surface area contributed by atoms with Gasteiger partial charge in [0.15, 0.2) is 0 Å². The molecule has 1 rings (SSSR count). The number of nitrogens with one attached hydrogen (secondary N) is 1. The lowest BCUT2D eigenvalue weighted by atomic mass is 9.96. The van der Waals surface area contributed by atoms with Crippen LogP contribution in [-0.2, 0) is 11.2 Å². The molecule has 1 aromatic heterocycles. The minimum atomic E-state index is -0.0673. The molecule has 4 heteroatoms. The maximum atomic E-state index is 5.47. The average Bonchev–Trinajstić information content (AvgIpc) is 2.63. The van der Waals surface area contributed by atoms with Gasteiger partial charge in [-0.3, -0.25) is 0 Å². The van der Waals surface area contributed by atoms with Crippen molar-refractivity contribution < 1.29 is 4.74 Å². The quantitative estimate of drug-likeness (QED) is 0.869. The monoisotopic (exact) mass is 305 g/mol. The molecule has 0 saturated heterocycles. The normalized spacial score (nSPS) is 14.1. The van der Waals surface area contributed by atoms with E-state index >= 15 is 0 Å². The number of hydrogen-bond donors (Lipinski definition) is 1. The third-order valence-corrected chi connectivity index (χ3v) is 4.49. The maximum Gasteiger partial charge on any atom is 0.0637 e. The van der Waals surface area contributed by atoms with Gasteiger partial charge in [-0.2, -0.15) is 0 Å². The number of thiophene rings is 1. The molecule has 0 aliphatic rings. The van der Waals surface area contributed by atoms with Gasteiger partial charge in [-0.25, -0.2) is 0 Å². The molecule has 1 heterocycles. The molecule has 0 aliphatic heterocycles. The Balaban J connectivity index is 2.55. The number of likely N-dealkylation sites (N-methyl/N-ethyl adjacent to an activating group) is 1. The van der Waals surface area contributed by atoms with Gasteiger partial charge in [0.1, 0.15) is 0 Å². The van der Waals surface area contributed by atoms with Crippen LogP contribution in [0.2, 0.25) is 0 Å². The van der Waals surface area contributed by atoms with Gasteiger partial charge in [-0.1, -0.05) is 0 Å². The van der Waals surface area contributed by atoms with Gasteiger partial charge in [-0.15, -0.1) is 11.3 Å². The number of ether oxygens (including phenoxy) is 1. The predicted molar refractivity (Wildman–Crippen MR) is 74.3 cm³/mol. The number of methoxy groups -OCH3 is 1. The molecule has 0 bridgehead atoms. The smallest absolute Gasteiger partial charge is 0.0637 e. The Kier molecular flexibility index (Phi) is 5.44. The molecule has 0 aromatic carbocycles. The third-order valence-electron chi connectivity index (χ3n) is 2.77. The first-order valence-electron chi connectivity index (χ1n) is 5.42. The van der Waals surface area contributed by atoms with E-state index in [0.717, 1.165) is 12.8 Å². The summed E-state index contributed by atoms with van der Waals surface area (Å²) in [6.07, 6.45) is 2.06. The van der Waals surface area contributed by atoms with Crippen molar-refractivity contribution in [3.63, 3.8) is 0 Å². The van der Waals surface area contributed by atoms with E-state index in [1.807, 2.05) is 7.05 Å². The van der Waals surface area contributed by atoms with Crippen molar-refractivity contribution in [1.82, 2.24) is 5.32 Å². The van der Waals surface area contributed by atoms with E-state index in [0.29, 0.717) is 6.04 Å². The molecule has 1 unspecified atom stereocenters. The summed E-state index contributed by atoms with van der Waals surface area (Å²) in [7, 11) is 3.79. The summed E-state index contributed by atoms with van der Waals surface area (Å²) in [6.45, 7) is 4.25. The highest BCUT2D eigenvalue weighted by atomic mass is 79.9. The molecule has 0 saturated carbocycles. The van der Waals surface area contributed by atoms with Crippen LogP contribution in [0, 0.1) is 0 Å². The molecule has 1 atom stereocenters. The summed E-state index contributed by atoms with van der Waals surface area (Å²) < 4.78 is 6.64. The van der Waals surface area contributed by atoms with Crippen LogP contribution in [0.15, 0.2) is 15.9 Å². The summed E-state index contributed by atoms with van der Waals surface area (Å²) in [5, 5.41) is 5.49. The Morgan fingerprint density at radius 3 is 2.69 bits per heavy atom. The zero-order chi connectivity index (χ0) is 12.2. The molecule has 0 amide bonds. The second kappa shape index (κ2) is 6.15. The highest BCUT2D eigenvalue weighted by Gasteiger charge is 2.22. The second-order valence-corrected chi connectivity index (χ2v) is 6.50. The zero-order valence-electron chi connectivity index (χ0n) is 10.3. The van der Waals surface area contributed by atoms with Crippen LogP contribution < -0.4 is 5.32 Å². The van der Waals surface area contributed by atoms with Crippen LogP contribution in [0.5, 0.6) is 0 Å². The minimum absolute atomic E-state index is 0.0673.